The molecule has 0 radical (unpaired) electrons. The average Bonchev–Trinajstić information content (AvgIpc) is 3.07. The number of fused-ring (bicyclic) bond motifs is 1. The number of nitrogens with zero attached hydrogens (tertiary/aromatic N) is 1. The molecule has 22 heavy (non-hydrogen) atoms. The summed E-state index contributed by atoms with van der Waals surface area (Å²) in [5.41, 5.74) is 0.511. The second-order valence-corrected chi connectivity index (χ2v) is 5.77. The van der Waals surface area contributed by atoms with Gasteiger partial charge in [-0.05, 0) is 43.6 Å². The van der Waals surface area contributed by atoms with E-state index < -0.39 is 0 Å². The van der Waals surface area contributed by atoms with Gasteiger partial charge in [0, 0.05) is 24.7 Å². The highest BCUT2D eigenvalue weighted by molar-refractivity contribution is 6.05. The van der Waals surface area contributed by atoms with Gasteiger partial charge in [-0.1, -0.05) is 24.3 Å². The minimum Gasteiger partial charge on any atom is -0.378 e. The lowest BCUT2D eigenvalue weighted by Crippen LogP contribution is -2.25. The van der Waals surface area contributed by atoms with Gasteiger partial charge in [0.25, 0.3) is 5.91 Å². The molecular weight excluding hydrogens is 276 g/mol. The molecule has 1 saturated heterocycles. The fourth-order valence-corrected chi connectivity index (χ4v) is 2.96. The summed E-state index contributed by atoms with van der Waals surface area (Å²) >= 11 is 0. The Morgan fingerprint density at radius 1 is 1.27 bits per heavy atom. The fourth-order valence-electron chi connectivity index (χ4n) is 2.96. The van der Waals surface area contributed by atoms with Crippen LogP contribution in [0.1, 0.15) is 42.6 Å². The van der Waals surface area contributed by atoms with Crippen LogP contribution < -0.4 is 5.32 Å². The number of ether oxygens (including phenoxy) is 1. The number of unbranched alkanes of at least 4 members (excludes halogenated alkanes) is 1. The molecule has 1 aliphatic heterocycles. The van der Waals surface area contributed by atoms with Crippen molar-refractivity contribution in [1.29, 1.82) is 0 Å². The SMILES string of the molecule is O=C(NCCCCC1CCCO1)c1nccc2ccccc12. The molecule has 1 unspecified atom stereocenters. The normalized spacial score (nSPS) is 17.7. The molecule has 0 spiro atoms. The van der Waals surface area contributed by atoms with Gasteiger partial charge in [-0.25, -0.2) is 0 Å². The van der Waals surface area contributed by atoms with Gasteiger partial charge >= 0.3 is 0 Å². The van der Waals surface area contributed by atoms with E-state index in [1.807, 2.05) is 30.3 Å². The maximum atomic E-state index is 12.3. The van der Waals surface area contributed by atoms with E-state index in [2.05, 4.69) is 10.3 Å². The van der Waals surface area contributed by atoms with Gasteiger partial charge in [0.15, 0.2) is 0 Å². The van der Waals surface area contributed by atoms with Gasteiger partial charge in [-0.3, -0.25) is 9.78 Å². The number of hydrogen-bond donors (Lipinski definition) is 1. The Balaban J connectivity index is 1.48. The van der Waals surface area contributed by atoms with Crippen LogP contribution in [0.2, 0.25) is 0 Å². The zero-order valence-electron chi connectivity index (χ0n) is 12.8. The van der Waals surface area contributed by atoms with Crippen molar-refractivity contribution in [2.24, 2.45) is 0 Å². The van der Waals surface area contributed by atoms with Gasteiger partial charge in [-0.2, -0.15) is 0 Å². The molecule has 3 rings (SSSR count). The highest BCUT2D eigenvalue weighted by atomic mass is 16.5. The predicted octanol–water partition coefficient (Wildman–Crippen LogP) is 3.31. The van der Waals surface area contributed by atoms with Crippen LogP contribution in [0.3, 0.4) is 0 Å². The van der Waals surface area contributed by atoms with Crippen molar-refractivity contribution >= 4 is 16.7 Å². The number of carbonyl (C=O) groups is 1. The van der Waals surface area contributed by atoms with Gasteiger partial charge < -0.3 is 10.1 Å². The standard InChI is InChI=1S/C18H22N2O2/c21-18(20-11-4-3-7-15-8-5-13-22-15)17-16-9-2-1-6-14(16)10-12-19-17/h1-2,6,9-10,12,15H,3-5,7-8,11,13H2,(H,20,21). The molecule has 1 N–H and O–H groups in total. The zero-order valence-corrected chi connectivity index (χ0v) is 12.8. The quantitative estimate of drug-likeness (QED) is 0.832. The molecule has 1 atom stereocenters. The summed E-state index contributed by atoms with van der Waals surface area (Å²) in [6, 6.07) is 9.76. The van der Waals surface area contributed by atoms with Crippen LogP contribution >= 0.6 is 0 Å². The Labute approximate surface area is 130 Å². The van der Waals surface area contributed by atoms with Crippen LogP contribution in [-0.2, 0) is 4.74 Å². The summed E-state index contributed by atoms with van der Waals surface area (Å²) in [6.07, 6.45) is 7.68. The Bertz CT molecular complexity index is 631. The summed E-state index contributed by atoms with van der Waals surface area (Å²) in [5, 5.41) is 4.92. The molecule has 1 aliphatic rings. The van der Waals surface area contributed by atoms with Gasteiger partial charge in [0.1, 0.15) is 5.69 Å². The van der Waals surface area contributed by atoms with E-state index in [0.717, 1.165) is 36.6 Å². The van der Waals surface area contributed by atoms with Crippen molar-refractivity contribution in [2.45, 2.75) is 38.2 Å². The number of carbonyl (C=O) groups excluding carboxylic acids is 1. The summed E-state index contributed by atoms with van der Waals surface area (Å²) in [5.74, 6) is -0.0890. The average molecular weight is 298 g/mol. The van der Waals surface area contributed by atoms with E-state index in [1.165, 1.54) is 12.8 Å². The maximum Gasteiger partial charge on any atom is 0.270 e. The maximum absolute atomic E-state index is 12.3. The number of benzene rings is 1. The van der Waals surface area contributed by atoms with E-state index in [1.54, 1.807) is 6.20 Å². The van der Waals surface area contributed by atoms with Crippen LogP contribution in [0, 0.1) is 0 Å². The molecule has 1 aromatic carbocycles. The zero-order chi connectivity index (χ0) is 15.2. The lowest BCUT2D eigenvalue weighted by atomic mass is 10.1. The fraction of sp³-hybridized carbons (Fsp3) is 0.444. The van der Waals surface area contributed by atoms with E-state index >= 15 is 0 Å². The lowest BCUT2D eigenvalue weighted by Gasteiger charge is -2.09. The summed E-state index contributed by atoms with van der Waals surface area (Å²) < 4.78 is 5.60. The second kappa shape index (κ2) is 7.36. The topological polar surface area (TPSA) is 51.2 Å². The monoisotopic (exact) mass is 298 g/mol. The van der Waals surface area contributed by atoms with Crippen molar-refractivity contribution in [3.63, 3.8) is 0 Å². The van der Waals surface area contributed by atoms with Crippen molar-refractivity contribution in [2.75, 3.05) is 13.2 Å². The number of aromatic nitrogens is 1. The second-order valence-electron chi connectivity index (χ2n) is 5.77. The van der Waals surface area contributed by atoms with Crippen LogP contribution in [-0.4, -0.2) is 30.1 Å². The molecule has 2 heterocycles. The van der Waals surface area contributed by atoms with Crippen molar-refractivity contribution < 1.29 is 9.53 Å². The van der Waals surface area contributed by atoms with E-state index in [0.29, 0.717) is 18.3 Å². The number of pyridine rings is 1. The lowest BCUT2D eigenvalue weighted by molar-refractivity contribution is 0.0944. The highest BCUT2D eigenvalue weighted by Crippen LogP contribution is 2.18. The molecule has 116 valence electrons. The third-order valence-electron chi connectivity index (χ3n) is 4.15. The molecule has 4 heteroatoms. The molecule has 1 amide bonds. The first-order chi connectivity index (χ1) is 10.8. The first-order valence-electron chi connectivity index (χ1n) is 8.08. The Morgan fingerprint density at radius 2 is 2.18 bits per heavy atom. The molecule has 1 aromatic heterocycles. The third kappa shape index (κ3) is 3.63. The Hall–Kier alpha value is -1.94. The summed E-state index contributed by atoms with van der Waals surface area (Å²) in [7, 11) is 0. The van der Waals surface area contributed by atoms with Crippen LogP contribution in [0.15, 0.2) is 36.5 Å². The number of amides is 1. The van der Waals surface area contributed by atoms with Crippen molar-refractivity contribution in [3.8, 4) is 0 Å². The molecule has 1 fully saturated rings. The van der Waals surface area contributed by atoms with E-state index in [9.17, 15) is 4.79 Å². The smallest absolute Gasteiger partial charge is 0.270 e. The number of hydrogen-bond acceptors (Lipinski definition) is 3. The van der Waals surface area contributed by atoms with Crippen LogP contribution in [0.25, 0.3) is 10.8 Å². The molecule has 0 aliphatic carbocycles. The van der Waals surface area contributed by atoms with Crippen LogP contribution in [0.4, 0.5) is 0 Å². The summed E-state index contributed by atoms with van der Waals surface area (Å²) in [4.78, 5) is 16.5. The molecule has 0 bridgehead atoms. The number of rotatable bonds is 6. The molecule has 2 aromatic rings. The Morgan fingerprint density at radius 3 is 3.05 bits per heavy atom. The predicted molar refractivity (Wildman–Crippen MR) is 86.9 cm³/mol. The van der Waals surface area contributed by atoms with E-state index in [-0.39, 0.29) is 5.91 Å². The third-order valence-corrected chi connectivity index (χ3v) is 4.15. The van der Waals surface area contributed by atoms with Crippen molar-refractivity contribution in [1.82, 2.24) is 10.3 Å². The van der Waals surface area contributed by atoms with Crippen molar-refractivity contribution in [3.05, 3.63) is 42.2 Å². The van der Waals surface area contributed by atoms with Gasteiger partial charge in [-0.15, -0.1) is 0 Å². The molecule has 0 saturated carbocycles. The highest BCUT2D eigenvalue weighted by Gasteiger charge is 2.15. The molecule has 4 nitrogen and oxygen atoms in total. The van der Waals surface area contributed by atoms with Gasteiger partial charge in [0.05, 0.1) is 6.10 Å². The minimum atomic E-state index is -0.0890. The first-order valence-corrected chi connectivity index (χ1v) is 8.08. The first kappa shape index (κ1) is 15.0. The molecular formula is C18H22N2O2. The minimum absolute atomic E-state index is 0.0890. The summed E-state index contributed by atoms with van der Waals surface area (Å²) in [6.45, 7) is 1.60. The van der Waals surface area contributed by atoms with Gasteiger partial charge in [0.2, 0.25) is 0 Å². The van der Waals surface area contributed by atoms with Crippen LogP contribution in [0.5, 0.6) is 0 Å². The number of nitrogens with one attached hydrogen (secondary N) is 1. The largest absolute Gasteiger partial charge is 0.378 e. The Kier molecular flexibility index (Phi) is 5.01. The van der Waals surface area contributed by atoms with E-state index in [4.69, 9.17) is 4.74 Å².